The van der Waals surface area contributed by atoms with Gasteiger partial charge in [-0.2, -0.15) is 0 Å². The minimum Gasteiger partial charge on any atom is -0.381 e. The van der Waals surface area contributed by atoms with E-state index in [9.17, 15) is 4.79 Å². The zero-order valence-electron chi connectivity index (χ0n) is 15.3. The third-order valence-electron chi connectivity index (χ3n) is 5.09. The largest absolute Gasteiger partial charge is 0.381 e. The summed E-state index contributed by atoms with van der Waals surface area (Å²) in [6.07, 6.45) is 3.75. The fraction of sp³-hybridized carbons (Fsp3) is 0.824. The second-order valence-corrected chi connectivity index (χ2v) is 8.00. The second-order valence-electron chi connectivity index (χ2n) is 6.99. The van der Waals surface area contributed by atoms with Crippen LogP contribution < -0.4 is 5.32 Å². The molecule has 1 aromatic heterocycles. The molecule has 0 radical (unpaired) electrons. The van der Waals surface area contributed by atoms with Crippen molar-refractivity contribution in [3.05, 3.63) is 5.01 Å². The lowest BCUT2D eigenvalue weighted by Gasteiger charge is -2.47. The van der Waals surface area contributed by atoms with E-state index in [1.807, 2.05) is 11.8 Å². The van der Waals surface area contributed by atoms with Gasteiger partial charge in [0.2, 0.25) is 5.13 Å². The molecule has 3 rings (SSSR count). The van der Waals surface area contributed by atoms with Gasteiger partial charge in [-0.25, -0.2) is 4.79 Å². The van der Waals surface area contributed by atoms with E-state index in [-0.39, 0.29) is 17.7 Å². The van der Waals surface area contributed by atoms with E-state index in [1.165, 1.54) is 11.3 Å². The molecule has 1 unspecified atom stereocenters. The van der Waals surface area contributed by atoms with Crippen molar-refractivity contribution in [2.24, 2.45) is 0 Å². The Morgan fingerprint density at radius 2 is 2.08 bits per heavy atom. The van der Waals surface area contributed by atoms with Gasteiger partial charge in [0.05, 0.1) is 18.2 Å². The van der Waals surface area contributed by atoms with E-state index >= 15 is 0 Å². The maximum Gasteiger partial charge on any atom is 0.323 e. The number of ether oxygens (including phenoxy) is 2. The molecule has 1 aromatic rings. The highest BCUT2D eigenvalue weighted by Gasteiger charge is 2.42. The van der Waals surface area contributed by atoms with Crippen molar-refractivity contribution in [2.45, 2.75) is 64.1 Å². The number of hydrogen-bond acceptors (Lipinski definition) is 6. The van der Waals surface area contributed by atoms with Crippen LogP contribution in [0.15, 0.2) is 0 Å². The number of carbonyl (C=O) groups excluding carboxylic acids is 1. The van der Waals surface area contributed by atoms with Crippen molar-refractivity contribution in [1.29, 1.82) is 0 Å². The summed E-state index contributed by atoms with van der Waals surface area (Å²) in [4.78, 5) is 14.6. The van der Waals surface area contributed by atoms with Crippen LogP contribution in [0, 0.1) is 0 Å². The number of nitrogens with zero attached hydrogens (tertiary/aromatic N) is 3. The van der Waals surface area contributed by atoms with Crippen molar-refractivity contribution in [1.82, 2.24) is 15.1 Å². The van der Waals surface area contributed by atoms with Crippen molar-refractivity contribution < 1.29 is 14.3 Å². The summed E-state index contributed by atoms with van der Waals surface area (Å²) in [6, 6.07) is -0.117. The van der Waals surface area contributed by atoms with Crippen LogP contribution >= 0.6 is 11.3 Å². The first kappa shape index (κ1) is 18.5. The molecule has 8 heteroatoms. The number of rotatable bonds is 4. The molecule has 25 heavy (non-hydrogen) atoms. The number of amides is 2. The lowest BCUT2D eigenvalue weighted by atomic mass is 9.91. The standard InChI is InChI=1S/C17H28N4O3S/c1-4-13(5-2)14-19-20-15(25-14)18-16(22)21-10-12(3)24-17(11-21)6-8-23-9-7-17/h12-13H,4-11H2,1-3H3,(H,18,20,22). The Labute approximate surface area is 153 Å². The predicted molar refractivity (Wildman–Crippen MR) is 97.2 cm³/mol. The fourth-order valence-electron chi connectivity index (χ4n) is 3.66. The minimum atomic E-state index is -0.269. The molecule has 3 heterocycles. The van der Waals surface area contributed by atoms with Gasteiger partial charge in [-0.3, -0.25) is 5.32 Å². The number of urea groups is 1. The number of hydrogen-bond donors (Lipinski definition) is 1. The highest BCUT2D eigenvalue weighted by Crippen LogP contribution is 2.32. The van der Waals surface area contributed by atoms with E-state index in [4.69, 9.17) is 9.47 Å². The summed E-state index contributed by atoms with van der Waals surface area (Å²) in [6.45, 7) is 8.89. The lowest BCUT2D eigenvalue weighted by Crippen LogP contribution is -2.59. The summed E-state index contributed by atoms with van der Waals surface area (Å²) in [5, 5.41) is 12.9. The first-order valence-electron chi connectivity index (χ1n) is 9.20. The Kier molecular flexibility index (Phi) is 5.91. The summed E-state index contributed by atoms with van der Waals surface area (Å²) < 4.78 is 11.6. The molecular weight excluding hydrogens is 340 g/mol. The molecule has 0 aromatic carbocycles. The summed E-state index contributed by atoms with van der Waals surface area (Å²) >= 11 is 1.48. The molecule has 2 aliphatic heterocycles. The van der Waals surface area contributed by atoms with Crippen molar-refractivity contribution >= 4 is 22.5 Å². The average molecular weight is 369 g/mol. The van der Waals surface area contributed by atoms with E-state index < -0.39 is 0 Å². The van der Waals surface area contributed by atoms with Gasteiger partial charge in [0.25, 0.3) is 0 Å². The smallest absolute Gasteiger partial charge is 0.323 e. The molecule has 1 atom stereocenters. The van der Waals surface area contributed by atoms with Gasteiger partial charge in [0.15, 0.2) is 0 Å². The molecule has 2 fully saturated rings. The van der Waals surface area contributed by atoms with Crippen LogP contribution in [-0.2, 0) is 9.47 Å². The van der Waals surface area contributed by atoms with E-state index in [0.717, 1.165) is 30.7 Å². The Morgan fingerprint density at radius 1 is 1.36 bits per heavy atom. The molecule has 7 nitrogen and oxygen atoms in total. The summed E-state index contributed by atoms with van der Waals surface area (Å²) in [5.41, 5.74) is -0.269. The van der Waals surface area contributed by atoms with Crippen LogP contribution in [-0.4, -0.2) is 59.1 Å². The quantitative estimate of drug-likeness (QED) is 0.883. The fourth-order valence-corrected chi connectivity index (χ4v) is 4.66. The number of morpholine rings is 1. The van der Waals surface area contributed by atoms with Crippen LogP contribution in [0.4, 0.5) is 9.93 Å². The SMILES string of the molecule is CCC(CC)c1nnc(NC(=O)N2CC(C)OC3(CCOCC3)C2)s1. The van der Waals surface area contributed by atoms with Crippen LogP contribution in [0.1, 0.15) is 57.4 Å². The van der Waals surface area contributed by atoms with Crippen LogP contribution in [0.25, 0.3) is 0 Å². The maximum atomic E-state index is 12.7. The van der Waals surface area contributed by atoms with Gasteiger partial charge in [0.1, 0.15) is 5.01 Å². The average Bonchev–Trinajstić information content (AvgIpc) is 3.04. The van der Waals surface area contributed by atoms with Gasteiger partial charge in [0, 0.05) is 38.5 Å². The first-order chi connectivity index (χ1) is 12.0. The Balaban J connectivity index is 1.64. The molecule has 140 valence electrons. The maximum absolute atomic E-state index is 12.7. The van der Waals surface area contributed by atoms with Gasteiger partial charge >= 0.3 is 6.03 Å². The Bertz CT molecular complexity index is 584. The van der Waals surface area contributed by atoms with E-state index in [1.54, 1.807) is 0 Å². The normalized spacial score (nSPS) is 23.2. The molecule has 0 saturated carbocycles. The Morgan fingerprint density at radius 3 is 2.76 bits per heavy atom. The first-order valence-corrected chi connectivity index (χ1v) is 10.0. The molecule has 2 saturated heterocycles. The zero-order chi connectivity index (χ0) is 17.9. The van der Waals surface area contributed by atoms with Gasteiger partial charge < -0.3 is 14.4 Å². The lowest BCUT2D eigenvalue weighted by molar-refractivity contribution is -0.174. The van der Waals surface area contributed by atoms with Crippen LogP contribution in [0.2, 0.25) is 0 Å². The van der Waals surface area contributed by atoms with E-state index in [2.05, 4.69) is 29.4 Å². The van der Waals surface area contributed by atoms with Crippen molar-refractivity contribution in [2.75, 3.05) is 31.6 Å². The monoisotopic (exact) mass is 368 g/mol. The minimum absolute atomic E-state index is 0.0205. The summed E-state index contributed by atoms with van der Waals surface area (Å²) in [5.74, 6) is 0.414. The number of aromatic nitrogens is 2. The molecule has 0 aliphatic carbocycles. The number of carbonyl (C=O) groups is 1. The van der Waals surface area contributed by atoms with Crippen molar-refractivity contribution in [3.63, 3.8) is 0 Å². The highest BCUT2D eigenvalue weighted by atomic mass is 32.1. The molecule has 1 spiro atoms. The number of anilines is 1. The topological polar surface area (TPSA) is 76.6 Å². The third kappa shape index (κ3) is 4.30. The van der Waals surface area contributed by atoms with Gasteiger partial charge in [-0.1, -0.05) is 25.2 Å². The van der Waals surface area contributed by atoms with Crippen LogP contribution in [0.5, 0.6) is 0 Å². The third-order valence-corrected chi connectivity index (χ3v) is 6.09. The molecule has 1 N–H and O–H groups in total. The van der Waals surface area contributed by atoms with Gasteiger partial charge in [-0.05, 0) is 19.8 Å². The van der Waals surface area contributed by atoms with Gasteiger partial charge in [-0.15, -0.1) is 10.2 Å². The molecular formula is C17H28N4O3S. The Hall–Kier alpha value is -1.25. The molecule has 2 amide bonds. The van der Waals surface area contributed by atoms with Crippen LogP contribution in [0.3, 0.4) is 0 Å². The van der Waals surface area contributed by atoms with E-state index in [0.29, 0.717) is 37.4 Å². The number of nitrogens with one attached hydrogen (secondary N) is 1. The summed E-state index contributed by atoms with van der Waals surface area (Å²) in [7, 11) is 0. The molecule has 0 bridgehead atoms. The predicted octanol–water partition coefficient (Wildman–Crippen LogP) is 3.24. The molecule has 2 aliphatic rings. The zero-order valence-corrected chi connectivity index (χ0v) is 16.1. The second kappa shape index (κ2) is 7.97. The van der Waals surface area contributed by atoms with Crippen molar-refractivity contribution in [3.8, 4) is 0 Å². The highest BCUT2D eigenvalue weighted by molar-refractivity contribution is 7.15.